The van der Waals surface area contributed by atoms with Gasteiger partial charge in [0.05, 0.1) is 5.56 Å². The van der Waals surface area contributed by atoms with Gasteiger partial charge in [-0.25, -0.2) is 0 Å². The number of amides is 2. The summed E-state index contributed by atoms with van der Waals surface area (Å²) in [5, 5.41) is 12.3. The van der Waals surface area contributed by atoms with Crippen molar-refractivity contribution in [2.75, 3.05) is 24.7 Å². The monoisotopic (exact) mass is 431 g/mol. The van der Waals surface area contributed by atoms with Crippen molar-refractivity contribution in [3.8, 4) is 0 Å². The number of rotatable bonds is 5. The minimum Gasteiger partial charge on any atom is -0.343 e. The molecule has 7 nitrogen and oxygen atoms in total. The van der Waals surface area contributed by atoms with E-state index in [9.17, 15) is 22.8 Å². The van der Waals surface area contributed by atoms with Crippen molar-refractivity contribution in [2.24, 2.45) is 0 Å². The Morgan fingerprint density at radius 2 is 1.81 bits per heavy atom. The van der Waals surface area contributed by atoms with Crippen LogP contribution in [-0.2, 0) is 6.18 Å². The summed E-state index contributed by atoms with van der Waals surface area (Å²) in [6.07, 6.45) is -4.53. The van der Waals surface area contributed by atoms with Crippen LogP contribution in [0, 0.1) is 6.92 Å². The number of nitrogens with zero attached hydrogens (tertiary/aromatic N) is 2. The van der Waals surface area contributed by atoms with E-state index in [1.165, 1.54) is 17.0 Å². The van der Waals surface area contributed by atoms with Crippen LogP contribution >= 0.6 is 0 Å². The summed E-state index contributed by atoms with van der Waals surface area (Å²) in [7, 11) is 3.24. The molecular formula is C21H20F3N5O2. The van der Waals surface area contributed by atoms with E-state index in [0.29, 0.717) is 22.9 Å². The zero-order valence-electron chi connectivity index (χ0n) is 17.0. The highest BCUT2D eigenvalue weighted by Gasteiger charge is 2.30. The van der Waals surface area contributed by atoms with Crippen molar-refractivity contribution in [3.05, 3.63) is 70.9 Å². The Morgan fingerprint density at radius 3 is 2.48 bits per heavy atom. The van der Waals surface area contributed by atoms with E-state index in [2.05, 4.69) is 20.8 Å². The highest BCUT2D eigenvalue weighted by atomic mass is 19.4. The molecular weight excluding hydrogens is 411 g/mol. The van der Waals surface area contributed by atoms with Crippen molar-refractivity contribution < 1.29 is 22.8 Å². The fourth-order valence-electron chi connectivity index (χ4n) is 2.75. The normalized spacial score (nSPS) is 11.2. The van der Waals surface area contributed by atoms with Gasteiger partial charge in [-0.15, -0.1) is 0 Å². The van der Waals surface area contributed by atoms with E-state index < -0.39 is 17.6 Å². The maximum atomic E-state index is 12.9. The molecule has 10 heteroatoms. The largest absolute Gasteiger partial charge is 0.416 e. The summed E-state index contributed by atoms with van der Waals surface area (Å²) >= 11 is 0. The zero-order valence-corrected chi connectivity index (χ0v) is 17.0. The molecule has 2 amide bonds. The smallest absolute Gasteiger partial charge is 0.343 e. The van der Waals surface area contributed by atoms with E-state index in [1.54, 1.807) is 38.4 Å². The molecule has 2 aromatic carbocycles. The van der Waals surface area contributed by atoms with Gasteiger partial charge in [0, 0.05) is 37.1 Å². The van der Waals surface area contributed by atoms with Crippen LogP contribution in [0.2, 0.25) is 0 Å². The molecule has 162 valence electrons. The molecule has 1 aromatic heterocycles. The maximum absolute atomic E-state index is 12.9. The third-order valence-electron chi connectivity index (χ3n) is 4.42. The summed E-state index contributed by atoms with van der Waals surface area (Å²) in [4.78, 5) is 25.8. The molecule has 0 fully saturated rings. The second-order valence-electron chi connectivity index (χ2n) is 7.05. The molecule has 0 saturated heterocycles. The summed E-state index contributed by atoms with van der Waals surface area (Å²) in [6.45, 7) is 1.83. The first-order valence-corrected chi connectivity index (χ1v) is 9.18. The average Bonchev–Trinajstić information content (AvgIpc) is 3.17. The van der Waals surface area contributed by atoms with Crippen LogP contribution in [0.15, 0.2) is 48.5 Å². The number of hydrogen-bond acceptors (Lipinski definition) is 4. The first-order valence-electron chi connectivity index (χ1n) is 9.18. The number of aromatic nitrogens is 2. The van der Waals surface area contributed by atoms with Gasteiger partial charge in [-0.05, 0) is 42.8 Å². The van der Waals surface area contributed by atoms with Crippen LogP contribution in [0.3, 0.4) is 0 Å². The van der Waals surface area contributed by atoms with Gasteiger partial charge < -0.3 is 15.5 Å². The summed E-state index contributed by atoms with van der Waals surface area (Å²) in [6, 6.07) is 10.8. The Hall–Kier alpha value is -3.82. The highest BCUT2D eigenvalue weighted by molar-refractivity contribution is 6.04. The molecule has 3 N–H and O–H groups in total. The fourth-order valence-corrected chi connectivity index (χ4v) is 2.75. The van der Waals surface area contributed by atoms with Crippen LogP contribution in [0.1, 0.15) is 32.0 Å². The Bertz CT molecular complexity index is 1120. The minimum absolute atomic E-state index is 0.107. The number of nitrogens with one attached hydrogen (secondary N) is 3. The average molecular weight is 431 g/mol. The van der Waals surface area contributed by atoms with Gasteiger partial charge in [0.2, 0.25) is 0 Å². The van der Waals surface area contributed by atoms with Crippen molar-refractivity contribution in [1.82, 2.24) is 15.1 Å². The first kappa shape index (κ1) is 21.9. The Kier molecular flexibility index (Phi) is 6.00. The lowest BCUT2D eigenvalue weighted by atomic mass is 10.1. The van der Waals surface area contributed by atoms with Crippen LogP contribution < -0.4 is 10.6 Å². The van der Waals surface area contributed by atoms with Crippen molar-refractivity contribution in [3.63, 3.8) is 0 Å². The molecule has 0 radical (unpaired) electrons. The van der Waals surface area contributed by atoms with Crippen LogP contribution in [0.25, 0.3) is 0 Å². The number of halogens is 3. The number of aryl methyl sites for hydroxylation is 1. The molecule has 3 aromatic rings. The molecule has 0 spiro atoms. The van der Waals surface area contributed by atoms with Crippen LogP contribution in [0.5, 0.6) is 0 Å². The minimum atomic E-state index is -4.53. The van der Waals surface area contributed by atoms with Gasteiger partial charge in [0.15, 0.2) is 5.82 Å². The van der Waals surface area contributed by atoms with E-state index in [1.807, 2.05) is 6.92 Å². The van der Waals surface area contributed by atoms with Crippen molar-refractivity contribution in [1.29, 1.82) is 0 Å². The maximum Gasteiger partial charge on any atom is 0.416 e. The number of alkyl halides is 3. The number of anilines is 3. The van der Waals surface area contributed by atoms with Crippen LogP contribution in [0.4, 0.5) is 30.4 Å². The van der Waals surface area contributed by atoms with Gasteiger partial charge in [0.1, 0.15) is 5.69 Å². The van der Waals surface area contributed by atoms with E-state index in [0.717, 1.165) is 17.7 Å². The Labute approximate surface area is 176 Å². The quantitative estimate of drug-likeness (QED) is 0.557. The summed E-state index contributed by atoms with van der Waals surface area (Å²) in [5.41, 5.74) is 1.13. The number of carbonyl (C=O) groups is 2. The van der Waals surface area contributed by atoms with Gasteiger partial charge in [0.25, 0.3) is 11.8 Å². The SMILES string of the molecule is Cc1ccc(NC(=O)c2cccc(C(F)(F)F)c2)cc1Nc1cc(C(=O)N(C)C)[nH]n1. The third kappa shape index (κ3) is 5.21. The van der Waals surface area contributed by atoms with E-state index in [-0.39, 0.29) is 11.5 Å². The molecule has 0 aliphatic carbocycles. The molecule has 31 heavy (non-hydrogen) atoms. The van der Waals surface area contributed by atoms with Crippen molar-refractivity contribution in [2.45, 2.75) is 13.1 Å². The summed E-state index contributed by atoms with van der Waals surface area (Å²) in [5.74, 6) is -0.506. The Morgan fingerprint density at radius 1 is 1.06 bits per heavy atom. The summed E-state index contributed by atoms with van der Waals surface area (Å²) < 4.78 is 38.7. The van der Waals surface area contributed by atoms with E-state index >= 15 is 0 Å². The molecule has 3 rings (SSSR count). The highest BCUT2D eigenvalue weighted by Crippen LogP contribution is 2.30. The molecule has 0 unspecified atom stereocenters. The fraction of sp³-hybridized carbons (Fsp3) is 0.190. The molecule has 0 atom stereocenters. The van der Waals surface area contributed by atoms with Gasteiger partial charge in [-0.3, -0.25) is 14.7 Å². The second kappa shape index (κ2) is 8.50. The molecule has 0 bridgehead atoms. The van der Waals surface area contributed by atoms with E-state index in [4.69, 9.17) is 0 Å². The number of carbonyl (C=O) groups excluding carboxylic acids is 2. The van der Waals surface area contributed by atoms with Gasteiger partial charge in [-0.2, -0.15) is 18.3 Å². The number of aromatic amines is 1. The predicted molar refractivity (Wildman–Crippen MR) is 110 cm³/mol. The number of hydrogen-bond donors (Lipinski definition) is 3. The predicted octanol–water partition coefficient (Wildman–Crippen LogP) is 4.43. The molecule has 0 aliphatic heterocycles. The standard InChI is InChI=1S/C21H20F3N5O2/c1-12-7-8-15(25-19(30)13-5-4-6-14(9-13)21(22,23)24)10-16(12)26-18-11-17(27-28-18)20(31)29(2)3/h4-11H,1-3H3,(H,25,30)(H2,26,27,28). The number of benzene rings is 2. The van der Waals surface area contributed by atoms with Gasteiger partial charge >= 0.3 is 6.18 Å². The number of H-pyrrole nitrogens is 1. The molecule has 0 saturated carbocycles. The second-order valence-corrected chi connectivity index (χ2v) is 7.05. The lowest BCUT2D eigenvalue weighted by Crippen LogP contribution is -2.21. The third-order valence-corrected chi connectivity index (χ3v) is 4.42. The van der Waals surface area contributed by atoms with Crippen molar-refractivity contribution >= 4 is 29.0 Å². The van der Waals surface area contributed by atoms with Crippen LogP contribution in [-0.4, -0.2) is 41.0 Å². The molecule has 0 aliphatic rings. The molecule has 1 heterocycles. The Balaban J connectivity index is 1.77. The first-order chi connectivity index (χ1) is 14.5. The lowest BCUT2D eigenvalue weighted by molar-refractivity contribution is -0.137. The zero-order chi connectivity index (χ0) is 22.8. The van der Waals surface area contributed by atoms with Gasteiger partial charge in [-0.1, -0.05) is 12.1 Å². The topological polar surface area (TPSA) is 90.1 Å². The lowest BCUT2D eigenvalue weighted by Gasteiger charge is -2.12.